The van der Waals surface area contributed by atoms with Gasteiger partial charge in [0.15, 0.2) is 11.5 Å². The van der Waals surface area contributed by atoms with Gasteiger partial charge in [-0.2, -0.15) is 0 Å². The highest BCUT2D eigenvalue weighted by Gasteiger charge is 2.61. The number of fused-ring (bicyclic) bond motifs is 1. The lowest BCUT2D eigenvalue weighted by atomic mass is 9.71. The van der Waals surface area contributed by atoms with Crippen LogP contribution in [0.15, 0.2) is 54.2 Å². The molecule has 2 atom stereocenters. The van der Waals surface area contributed by atoms with Crippen LogP contribution in [0.3, 0.4) is 0 Å². The molecule has 2 amide bonds. The maximum Gasteiger partial charge on any atom is 0.318 e. The minimum Gasteiger partial charge on any atom is -0.497 e. The van der Waals surface area contributed by atoms with Crippen molar-refractivity contribution in [3.05, 3.63) is 65.4 Å². The smallest absolute Gasteiger partial charge is 0.318 e. The number of hydrogen-bond donors (Lipinski definition) is 1. The van der Waals surface area contributed by atoms with E-state index in [2.05, 4.69) is 5.32 Å². The highest BCUT2D eigenvalue weighted by molar-refractivity contribution is 5.98. The van der Waals surface area contributed by atoms with E-state index >= 15 is 0 Å². The van der Waals surface area contributed by atoms with Crippen molar-refractivity contribution in [1.82, 2.24) is 10.2 Å². The van der Waals surface area contributed by atoms with Crippen molar-refractivity contribution >= 4 is 17.8 Å². The number of methoxy groups -OCH3 is 4. The second-order valence-electron chi connectivity index (χ2n) is 9.79. The van der Waals surface area contributed by atoms with Gasteiger partial charge < -0.3 is 29.2 Å². The molecular weight excluding hydrogens is 500 g/mol. The Labute approximate surface area is 229 Å². The van der Waals surface area contributed by atoms with E-state index in [1.807, 2.05) is 36.4 Å². The Balaban J connectivity index is 1.59. The van der Waals surface area contributed by atoms with Crippen LogP contribution < -0.4 is 19.5 Å². The number of nitrogens with zero attached hydrogens (tertiary/aromatic N) is 1. The summed E-state index contributed by atoms with van der Waals surface area (Å²) >= 11 is 0. The van der Waals surface area contributed by atoms with Crippen LogP contribution in [0.1, 0.15) is 43.2 Å². The van der Waals surface area contributed by atoms with E-state index < -0.39 is 17.3 Å². The maximum absolute atomic E-state index is 13.9. The van der Waals surface area contributed by atoms with Crippen molar-refractivity contribution in [3.8, 4) is 17.2 Å². The Hall–Kier alpha value is -4.01. The maximum atomic E-state index is 13.9. The number of hydrogen-bond acceptors (Lipinski definition) is 7. The number of carbonyl (C=O) groups is 3. The van der Waals surface area contributed by atoms with E-state index in [0.29, 0.717) is 29.4 Å². The first-order chi connectivity index (χ1) is 18.9. The van der Waals surface area contributed by atoms with Gasteiger partial charge in [-0.15, -0.1) is 0 Å². The first-order valence-electron chi connectivity index (χ1n) is 13.1. The van der Waals surface area contributed by atoms with E-state index in [9.17, 15) is 14.4 Å². The molecule has 2 aliphatic rings. The van der Waals surface area contributed by atoms with Gasteiger partial charge in [0.25, 0.3) is 0 Å². The summed E-state index contributed by atoms with van der Waals surface area (Å²) in [5, 5.41) is 2.91. The van der Waals surface area contributed by atoms with Gasteiger partial charge in [-0.25, -0.2) is 0 Å². The number of nitrogens with one attached hydrogen (secondary N) is 1. The third-order valence-corrected chi connectivity index (χ3v) is 7.65. The Bertz CT molecular complexity index is 1240. The molecule has 1 N–H and O–H groups in total. The Morgan fingerprint density at radius 1 is 0.949 bits per heavy atom. The zero-order valence-corrected chi connectivity index (χ0v) is 23.0. The molecule has 9 nitrogen and oxygen atoms in total. The minimum absolute atomic E-state index is 0.127. The monoisotopic (exact) mass is 536 g/mol. The Morgan fingerprint density at radius 2 is 1.67 bits per heavy atom. The van der Waals surface area contributed by atoms with Gasteiger partial charge in [-0.3, -0.25) is 14.4 Å². The fourth-order valence-electron chi connectivity index (χ4n) is 5.64. The van der Waals surface area contributed by atoms with Gasteiger partial charge in [0.1, 0.15) is 11.2 Å². The van der Waals surface area contributed by atoms with Crippen molar-refractivity contribution in [2.24, 2.45) is 11.3 Å². The molecule has 1 aliphatic carbocycles. The van der Waals surface area contributed by atoms with Crippen LogP contribution in [-0.4, -0.2) is 51.1 Å². The number of carbonyl (C=O) groups excluding carboxylic acids is 3. The molecule has 0 radical (unpaired) electrons. The van der Waals surface area contributed by atoms with Gasteiger partial charge in [-0.05, 0) is 54.7 Å². The second kappa shape index (κ2) is 12.2. The lowest BCUT2D eigenvalue weighted by molar-refractivity contribution is -0.155. The normalized spacial score (nSPS) is 20.4. The Morgan fingerprint density at radius 3 is 2.33 bits per heavy atom. The average molecular weight is 537 g/mol. The van der Waals surface area contributed by atoms with Gasteiger partial charge >= 0.3 is 5.97 Å². The van der Waals surface area contributed by atoms with Crippen LogP contribution in [0.2, 0.25) is 0 Å². The predicted molar refractivity (Wildman–Crippen MR) is 144 cm³/mol. The topological polar surface area (TPSA) is 103 Å². The van der Waals surface area contributed by atoms with Crippen LogP contribution in [0.4, 0.5) is 0 Å². The zero-order chi connectivity index (χ0) is 28.0. The molecule has 2 aromatic carbocycles. The lowest BCUT2D eigenvalue weighted by Crippen LogP contribution is -2.41. The molecular formula is C30H36N2O7. The summed E-state index contributed by atoms with van der Waals surface area (Å²) in [4.78, 5) is 42.3. The molecule has 1 fully saturated rings. The van der Waals surface area contributed by atoms with E-state index in [1.54, 1.807) is 38.4 Å². The number of ether oxygens (including phenoxy) is 4. The van der Waals surface area contributed by atoms with Gasteiger partial charge in [0.05, 0.1) is 40.9 Å². The lowest BCUT2D eigenvalue weighted by Gasteiger charge is -2.31. The Kier molecular flexibility index (Phi) is 8.79. The molecule has 1 aliphatic heterocycles. The molecule has 0 aromatic heterocycles. The van der Waals surface area contributed by atoms with Crippen molar-refractivity contribution in [3.63, 3.8) is 0 Å². The number of esters is 1. The van der Waals surface area contributed by atoms with E-state index in [4.69, 9.17) is 18.9 Å². The third-order valence-electron chi connectivity index (χ3n) is 7.65. The number of amides is 2. The first kappa shape index (κ1) is 28.0. The summed E-state index contributed by atoms with van der Waals surface area (Å²) in [7, 11) is 6.04. The molecule has 0 spiro atoms. The summed E-state index contributed by atoms with van der Waals surface area (Å²) in [5.74, 6) is -0.0343. The summed E-state index contributed by atoms with van der Waals surface area (Å²) < 4.78 is 21.2. The van der Waals surface area contributed by atoms with Crippen molar-refractivity contribution in [2.75, 3.05) is 28.4 Å². The predicted octanol–water partition coefficient (Wildman–Crippen LogP) is 3.99. The highest BCUT2D eigenvalue weighted by Crippen LogP contribution is 2.53. The third kappa shape index (κ3) is 5.57. The molecule has 2 aromatic rings. The SMILES string of the molecule is COC(=O)[C@]12CCCCC=C1N(Cc1ccc(OC)cc1)C(=O)[C@@H]2CC(=O)NCc1ccc(OC)c(OC)c1. The van der Waals surface area contributed by atoms with E-state index in [1.165, 1.54) is 7.11 Å². The number of benzene rings is 2. The van der Waals surface area contributed by atoms with E-state index in [-0.39, 0.29) is 31.3 Å². The second-order valence-corrected chi connectivity index (χ2v) is 9.79. The van der Waals surface area contributed by atoms with Crippen LogP contribution >= 0.6 is 0 Å². The number of rotatable bonds is 10. The largest absolute Gasteiger partial charge is 0.497 e. The quantitative estimate of drug-likeness (QED) is 0.458. The summed E-state index contributed by atoms with van der Waals surface area (Å²) in [6.45, 7) is 0.529. The zero-order valence-electron chi connectivity index (χ0n) is 23.0. The fraction of sp³-hybridized carbons (Fsp3) is 0.433. The molecule has 1 heterocycles. The van der Waals surface area contributed by atoms with Crippen LogP contribution in [0, 0.1) is 11.3 Å². The van der Waals surface area contributed by atoms with Crippen LogP contribution in [-0.2, 0) is 32.2 Å². The van der Waals surface area contributed by atoms with Gasteiger partial charge in [0, 0.05) is 18.7 Å². The van der Waals surface area contributed by atoms with Crippen molar-refractivity contribution in [2.45, 2.75) is 45.2 Å². The van der Waals surface area contributed by atoms with Gasteiger partial charge in [0.2, 0.25) is 11.8 Å². The summed E-state index contributed by atoms with van der Waals surface area (Å²) in [5.41, 5.74) is 1.16. The average Bonchev–Trinajstić information content (AvgIpc) is 3.09. The van der Waals surface area contributed by atoms with Crippen LogP contribution in [0.5, 0.6) is 17.2 Å². The molecule has 0 unspecified atom stereocenters. The van der Waals surface area contributed by atoms with Crippen molar-refractivity contribution < 1.29 is 33.3 Å². The molecule has 1 saturated heterocycles. The summed E-state index contributed by atoms with van der Waals surface area (Å²) in [6.07, 6.45) is 4.70. The van der Waals surface area contributed by atoms with Crippen molar-refractivity contribution in [1.29, 1.82) is 0 Å². The standard InChI is InChI=1S/C30H36N2O7/c1-36-22-12-9-20(10-13-22)19-32-26-8-6-5-7-15-30(26,29(35)39-4)23(28(32)34)17-27(33)31-18-21-11-14-24(37-2)25(16-21)38-3/h8-14,16,23H,5-7,15,17-19H2,1-4H3,(H,31,33)/t23-,30-/m0/s1. The molecule has 9 heteroatoms. The molecule has 0 saturated carbocycles. The highest BCUT2D eigenvalue weighted by atomic mass is 16.5. The first-order valence-corrected chi connectivity index (χ1v) is 13.1. The molecule has 208 valence electrons. The summed E-state index contributed by atoms with van der Waals surface area (Å²) in [6, 6.07) is 12.9. The fourth-order valence-corrected chi connectivity index (χ4v) is 5.64. The van der Waals surface area contributed by atoms with Crippen LogP contribution in [0.25, 0.3) is 0 Å². The minimum atomic E-state index is -1.20. The van der Waals surface area contributed by atoms with E-state index in [0.717, 1.165) is 30.4 Å². The molecule has 0 bridgehead atoms. The van der Waals surface area contributed by atoms with Gasteiger partial charge in [-0.1, -0.05) is 30.7 Å². The number of allylic oxidation sites excluding steroid dienone is 1. The number of likely N-dealkylation sites (tertiary alicyclic amines) is 1. The molecule has 4 rings (SSSR count). The molecule has 39 heavy (non-hydrogen) atoms.